The first-order valence-electron chi connectivity index (χ1n) is 16.0. The van der Waals surface area contributed by atoms with Gasteiger partial charge in [0.2, 0.25) is 21.8 Å². The van der Waals surface area contributed by atoms with Gasteiger partial charge in [0.15, 0.2) is 0 Å². The fraction of sp³-hybridized carbons (Fsp3) is 0.471. The Morgan fingerprint density at radius 3 is 2.46 bits per heavy atom. The minimum atomic E-state index is -3.83. The van der Waals surface area contributed by atoms with Crippen LogP contribution in [0.15, 0.2) is 66.7 Å². The van der Waals surface area contributed by atoms with Crippen molar-refractivity contribution in [2.45, 2.75) is 68.3 Å². The largest absolute Gasteiger partial charge is 0.446 e. The molecule has 3 saturated carbocycles. The van der Waals surface area contributed by atoms with E-state index in [1.165, 1.54) is 0 Å². The first kappa shape index (κ1) is 31.8. The van der Waals surface area contributed by atoms with Crippen LogP contribution in [0.2, 0.25) is 0 Å². The summed E-state index contributed by atoms with van der Waals surface area (Å²) in [5.74, 6) is -3.52. The molecule has 0 bridgehead atoms. The smallest absolute Gasteiger partial charge is 0.411 e. The zero-order valence-electron chi connectivity index (χ0n) is 25.8. The molecule has 3 aliphatic carbocycles. The molecular formula is C34H40N4O7S. The van der Waals surface area contributed by atoms with Crippen molar-refractivity contribution in [2.24, 2.45) is 17.8 Å². The zero-order valence-corrected chi connectivity index (χ0v) is 26.6. The van der Waals surface area contributed by atoms with E-state index in [1.807, 2.05) is 60.7 Å². The van der Waals surface area contributed by atoms with Crippen molar-refractivity contribution in [3.8, 4) is 11.1 Å². The fourth-order valence-electron chi connectivity index (χ4n) is 6.64. The highest BCUT2D eigenvalue weighted by Gasteiger charge is 2.62. The molecule has 5 atom stereocenters. The Kier molecular flexibility index (Phi) is 8.91. The van der Waals surface area contributed by atoms with Gasteiger partial charge in [-0.2, -0.15) is 0 Å². The number of nitrogens with zero attached hydrogens (tertiary/aromatic N) is 1. The summed E-state index contributed by atoms with van der Waals surface area (Å²) >= 11 is 0. The van der Waals surface area contributed by atoms with Gasteiger partial charge in [-0.1, -0.05) is 60.7 Å². The topological polar surface area (TPSA) is 151 Å². The number of para-hydroxylation sites is 1. The molecule has 0 spiro atoms. The van der Waals surface area contributed by atoms with Crippen LogP contribution in [0.5, 0.6) is 0 Å². The van der Waals surface area contributed by atoms with Crippen LogP contribution in [0.3, 0.4) is 0 Å². The Morgan fingerprint density at radius 1 is 0.978 bits per heavy atom. The van der Waals surface area contributed by atoms with Crippen LogP contribution in [0.25, 0.3) is 11.1 Å². The number of anilines is 1. The summed E-state index contributed by atoms with van der Waals surface area (Å²) in [6, 6.07) is 17.0. The predicted octanol–water partition coefficient (Wildman–Crippen LogP) is 3.98. The summed E-state index contributed by atoms with van der Waals surface area (Å²) in [5, 5.41) is 5.08. The minimum Gasteiger partial charge on any atom is -0.446 e. The van der Waals surface area contributed by atoms with Gasteiger partial charge in [-0.05, 0) is 63.0 Å². The van der Waals surface area contributed by atoms with E-state index >= 15 is 0 Å². The molecule has 0 aromatic heterocycles. The lowest BCUT2D eigenvalue weighted by Crippen LogP contribution is -2.54. The Balaban J connectivity index is 1.20. The number of nitrogens with one attached hydrogen (secondary N) is 3. The van der Waals surface area contributed by atoms with Gasteiger partial charge in [0.25, 0.3) is 5.91 Å². The predicted molar refractivity (Wildman–Crippen MR) is 172 cm³/mol. The van der Waals surface area contributed by atoms with Crippen molar-refractivity contribution >= 4 is 39.5 Å². The maximum atomic E-state index is 13.9. The van der Waals surface area contributed by atoms with E-state index in [9.17, 15) is 27.6 Å². The molecule has 3 fully saturated rings. The lowest BCUT2D eigenvalue weighted by atomic mass is 9.93. The van der Waals surface area contributed by atoms with Crippen LogP contribution in [-0.2, 0) is 29.1 Å². The Morgan fingerprint density at radius 2 is 1.70 bits per heavy atom. The molecule has 11 nitrogen and oxygen atoms in total. The van der Waals surface area contributed by atoms with Crippen molar-refractivity contribution in [1.82, 2.24) is 14.9 Å². The molecule has 0 radical (unpaired) electrons. The highest BCUT2D eigenvalue weighted by atomic mass is 32.2. The molecule has 2 aromatic carbocycles. The lowest BCUT2D eigenvalue weighted by molar-refractivity contribution is -0.140. The van der Waals surface area contributed by atoms with E-state index < -0.39 is 56.7 Å². The number of fused-ring (bicyclic) bond motifs is 2. The van der Waals surface area contributed by atoms with Crippen LogP contribution in [0.1, 0.15) is 51.4 Å². The summed E-state index contributed by atoms with van der Waals surface area (Å²) in [4.78, 5) is 55.8. The Hall–Kier alpha value is -4.19. The summed E-state index contributed by atoms with van der Waals surface area (Å²) in [7, 11) is -2.13. The van der Waals surface area contributed by atoms with Gasteiger partial charge in [0.05, 0.1) is 22.8 Å². The molecule has 1 heterocycles. The molecule has 244 valence electrons. The van der Waals surface area contributed by atoms with Crippen LogP contribution >= 0.6 is 0 Å². The van der Waals surface area contributed by atoms with Gasteiger partial charge < -0.3 is 15.0 Å². The van der Waals surface area contributed by atoms with Gasteiger partial charge >= 0.3 is 6.09 Å². The Bertz CT molecular complexity index is 1640. The van der Waals surface area contributed by atoms with Crippen LogP contribution in [0.4, 0.5) is 10.5 Å². The average molecular weight is 649 g/mol. The van der Waals surface area contributed by atoms with Crippen LogP contribution < -0.4 is 15.4 Å². The number of carbonyl (C=O) groups is 4. The molecule has 4 amide bonds. The maximum absolute atomic E-state index is 13.9. The molecule has 46 heavy (non-hydrogen) atoms. The quantitative estimate of drug-likeness (QED) is 0.401. The second kappa shape index (κ2) is 12.9. The summed E-state index contributed by atoms with van der Waals surface area (Å²) < 4.78 is 33.3. The van der Waals surface area contributed by atoms with Crippen LogP contribution in [-0.4, -0.2) is 67.6 Å². The highest BCUT2D eigenvalue weighted by molar-refractivity contribution is 7.91. The maximum Gasteiger partial charge on any atom is 0.411 e. The number of benzene rings is 2. The molecule has 6 rings (SSSR count). The van der Waals surface area contributed by atoms with E-state index in [2.05, 4.69) is 15.4 Å². The van der Waals surface area contributed by atoms with Gasteiger partial charge in [-0.15, -0.1) is 0 Å². The SMILES string of the molecule is CN1CCCC/C=C\[C@@H]2C[C@@]2(C(=O)NS(=O)(=O)C2CC2)NC(=O)[C@@H]2C[C@@H](OC(=O)Nc3ccccc3-c3ccccc3)C[C@H]2C1=O. The second-order valence-electron chi connectivity index (χ2n) is 12.9. The highest BCUT2D eigenvalue weighted by Crippen LogP contribution is 2.47. The number of carbonyl (C=O) groups excluding carboxylic acids is 4. The van der Waals surface area contributed by atoms with Crippen molar-refractivity contribution < 1.29 is 32.3 Å². The molecule has 0 unspecified atom stereocenters. The number of hydrogen-bond donors (Lipinski definition) is 3. The fourth-order valence-corrected chi connectivity index (χ4v) is 8.01. The number of allylic oxidation sites excluding steroid dienone is 1. The number of sulfonamides is 1. The first-order chi connectivity index (χ1) is 22.1. The monoisotopic (exact) mass is 648 g/mol. The van der Waals surface area contributed by atoms with Crippen molar-refractivity contribution in [1.29, 1.82) is 0 Å². The van der Waals surface area contributed by atoms with E-state index in [0.29, 0.717) is 25.1 Å². The standard InChI is InChI=1S/C34H40N4O7S/c1-38-18-10-3-2-7-13-23-21-34(23,32(41)37-46(43,44)25-16-17-25)36-30(39)27-19-24(20-28(27)31(38)40)45-33(42)35-29-15-9-8-14-26(29)22-11-5-4-6-12-22/h4-9,11-15,23-25,27-28H,2-3,10,16-21H2,1H3,(H,35,42)(H,36,39)(H,37,41)/b13-7-/t23-,24-,27-,28-,34-/m1/s1. The third-order valence-corrected chi connectivity index (χ3v) is 11.3. The van der Waals surface area contributed by atoms with E-state index in [0.717, 1.165) is 30.4 Å². The second-order valence-corrected chi connectivity index (χ2v) is 14.8. The van der Waals surface area contributed by atoms with Crippen molar-refractivity contribution in [3.05, 3.63) is 66.7 Å². The van der Waals surface area contributed by atoms with Crippen LogP contribution in [0, 0.1) is 17.8 Å². The number of amides is 4. The van der Waals surface area contributed by atoms with Crippen molar-refractivity contribution in [2.75, 3.05) is 18.9 Å². The average Bonchev–Trinajstić information content (AvgIpc) is 3.96. The minimum absolute atomic E-state index is 0.0857. The Labute approximate surface area is 269 Å². The van der Waals surface area contributed by atoms with E-state index in [-0.39, 0.29) is 31.1 Å². The third-order valence-electron chi connectivity index (χ3n) is 9.52. The molecular weight excluding hydrogens is 608 g/mol. The molecule has 1 aliphatic heterocycles. The van der Waals surface area contributed by atoms with Crippen molar-refractivity contribution in [3.63, 3.8) is 0 Å². The normalized spacial score (nSPS) is 28.9. The van der Waals surface area contributed by atoms with E-state index in [4.69, 9.17) is 4.74 Å². The van der Waals surface area contributed by atoms with E-state index in [1.54, 1.807) is 18.0 Å². The van der Waals surface area contributed by atoms with Gasteiger partial charge in [-0.3, -0.25) is 24.4 Å². The molecule has 12 heteroatoms. The van der Waals surface area contributed by atoms with Gasteiger partial charge in [0.1, 0.15) is 11.6 Å². The van der Waals surface area contributed by atoms with Gasteiger partial charge in [-0.25, -0.2) is 13.2 Å². The summed E-state index contributed by atoms with van der Waals surface area (Å²) in [6.45, 7) is 0.522. The first-order valence-corrected chi connectivity index (χ1v) is 17.5. The number of ether oxygens (including phenoxy) is 1. The summed E-state index contributed by atoms with van der Waals surface area (Å²) in [5.41, 5.74) is 0.878. The number of hydrogen-bond acceptors (Lipinski definition) is 7. The molecule has 4 aliphatic rings. The molecule has 3 N–H and O–H groups in total. The lowest BCUT2D eigenvalue weighted by Gasteiger charge is -2.26. The zero-order chi connectivity index (χ0) is 32.5. The molecule has 2 aromatic rings. The van der Waals surface area contributed by atoms with Gasteiger partial charge in [0, 0.05) is 25.1 Å². The molecule has 0 saturated heterocycles. The summed E-state index contributed by atoms with van der Waals surface area (Å²) in [6.07, 6.45) is 6.20. The third kappa shape index (κ3) is 6.81. The number of rotatable bonds is 6.